The van der Waals surface area contributed by atoms with Gasteiger partial charge in [0.05, 0.1) is 17.0 Å². The van der Waals surface area contributed by atoms with Gasteiger partial charge in [0, 0.05) is 62.3 Å². The van der Waals surface area contributed by atoms with Crippen molar-refractivity contribution >= 4 is 11.3 Å². The number of nitrogens with zero attached hydrogens (tertiary/aromatic N) is 1. The zero-order valence-corrected chi connectivity index (χ0v) is 32.0. The minimum atomic E-state index is -2.21. The number of allylic oxidation sites excluding steroid dienone is 18. The molecule has 7 heteroatoms. The highest BCUT2D eigenvalue weighted by Gasteiger charge is 2.46. The summed E-state index contributed by atoms with van der Waals surface area (Å²) in [6.07, 6.45) is 34.4. The Morgan fingerprint density at radius 1 is 0.519 bits per heavy atom. The summed E-state index contributed by atoms with van der Waals surface area (Å²) in [7, 11) is 0. The third-order valence-electron chi connectivity index (χ3n) is 12.5. The van der Waals surface area contributed by atoms with E-state index in [0.717, 1.165) is 16.8 Å². The van der Waals surface area contributed by atoms with Gasteiger partial charge in [-0.25, -0.2) is 22.0 Å². The molecule has 1 aromatic carbocycles. The number of benzene rings is 1. The van der Waals surface area contributed by atoms with Crippen LogP contribution in [0.5, 0.6) is 0 Å². The summed E-state index contributed by atoms with van der Waals surface area (Å²) in [5, 5.41) is 0. The van der Waals surface area contributed by atoms with E-state index in [-0.39, 0.29) is 40.6 Å². The summed E-state index contributed by atoms with van der Waals surface area (Å²) in [6, 6.07) is 1.84. The van der Waals surface area contributed by atoms with Crippen LogP contribution in [-0.2, 0) is 10.8 Å². The summed E-state index contributed by atoms with van der Waals surface area (Å²) in [5.74, 6) is -10.2. The van der Waals surface area contributed by atoms with Crippen LogP contribution in [-0.4, -0.2) is 10.7 Å². The minimum absolute atomic E-state index is 0.0140. The number of nitrogens with one attached hydrogen (secondary N) is 1. The number of hydrogen-bond donors (Lipinski definition) is 1. The highest BCUT2D eigenvalue weighted by atomic mass is 19.2. The molecule has 2 aromatic rings. The van der Waals surface area contributed by atoms with Crippen LogP contribution in [0.25, 0.3) is 5.57 Å². The normalized spacial score (nSPS) is 20.2. The van der Waals surface area contributed by atoms with Gasteiger partial charge in [-0.1, -0.05) is 153 Å². The van der Waals surface area contributed by atoms with E-state index in [1.807, 2.05) is 54.7 Å². The van der Waals surface area contributed by atoms with Crippen LogP contribution in [0.3, 0.4) is 0 Å². The standard InChI is InChI=1S/C47H47F5N2/c1-44(2,27-17-9-10-18-27)31-25-33(53-42(31)46(5,6)29-21-13-14-22-29)35(36-37(48)39(50)41(52)40(51)38(36)49)34-26-32(45(3,4)28-19-11-12-20-28)43(54-34)47(7,8)30-23-15-16-24-30/h9-30,53H,1-8H3/b35-34-. The summed E-state index contributed by atoms with van der Waals surface area (Å²) in [5.41, 5.74) is 0.0377. The summed E-state index contributed by atoms with van der Waals surface area (Å²) < 4.78 is 77.9. The number of aliphatic imine (C=N–C) groups is 1. The van der Waals surface area contributed by atoms with Crippen LogP contribution >= 0.6 is 0 Å². The highest BCUT2D eigenvalue weighted by molar-refractivity contribution is 6.10. The number of halogens is 5. The summed E-state index contributed by atoms with van der Waals surface area (Å²) in [6.45, 7) is 16.7. The first-order chi connectivity index (χ1) is 25.4. The second-order valence-corrected chi connectivity index (χ2v) is 17.3. The quantitative estimate of drug-likeness (QED) is 0.143. The van der Waals surface area contributed by atoms with E-state index in [4.69, 9.17) is 4.99 Å². The number of hydrogen-bond acceptors (Lipinski definition) is 1. The Kier molecular flexibility index (Phi) is 9.18. The Morgan fingerprint density at radius 2 is 0.907 bits per heavy atom. The molecule has 7 rings (SSSR count). The Bertz CT molecular complexity index is 2060. The molecule has 0 fully saturated rings. The first-order valence-corrected chi connectivity index (χ1v) is 18.6. The molecular weight excluding hydrogens is 688 g/mol. The van der Waals surface area contributed by atoms with Crippen molar-refractivity contribution in [2.24, 2.45) is 39.5 Å². The molecule has 280 valence electrons. The van der Waals surface area contributed by atoms with Crippen LogP contribution < -0.4 is 0 Å². The predicted molar refractivity (Wildman–Crippen MR) is 209 cm³/mol. The molecule has 2 nitrogen and oxygen atoms in total. The monoisotopic (exact) mass is 734 g/mol. The van der Waals surface area contributed by atoms with Crippen LogP contribution in [0.4, 0.5) is 22.0 Å². The molecule has 1 N–H and O–H groups in total. The van der Waals surface area contributed by atoms with Crippen molar-refractivity contribution < 1.29 is 22.0 Å². The lowest BCUT2D eigenvalue weighted by molar-refractivity contribution is 0.374. The van der Waals surface area contributed by atoms with Crippen LogP contribution in [0.2, 0.25) is 0 Å². The van der Waals surface area contributed by atoms with E-state index in [9.17, 15) is 4.39 Å². The van der Waals surface area contributed by atoms with Crippen molar-refractivity contribution in [2.45, 2.75) is 66.2 Å². The van der Waals surface area contributed by atoms with Gasteiger partial charge in [-0.2, -0.15) is 0 Å². The maximum atomic E-state index is 16.3. The van der Waals surface area contributed by atoms with Crippen LogP contribution in [0, 0.1) is 63.6 Å². The van der Waals surface area contributed by atoms with Gasteiger partial charge >= 0.3 is 0 Å². The van der Waals surface area contributed by atoms with Crippen molar-refractivity contribution in [2.75, 3.05) is 0 Å². The molecule has 0 unspecified atom stereocenters. The third kappa shape index (κ3) is 5.86. The molecular formula is C47H47F5N2. The zero-order chi connectivity index (χ0) is 39.0. The van der Waals surface area contributed by atoms with E-state index in [1.165, 1.54) is 0 Å². The van der Waals surface area contributed by atoms with Gasteiger partial charge in [-0.3, -0.25) is 4.99 Å². The second-order valence-electron chi connectivity index (χ2n) is 17.3. The fraction of sp³-hybridized carbons (Fsp3) is 0.340. The van der Waals surface area contributed by atoms with Crippen molar-refractivity contribution in [3.8, 4) is 0 Å². The minimum Gasteiger partial charge on any atom is -0.358 e. The van der Waals surface area contributed by atoms with Gasteiger partial charge in [-0.05, 0) is 23.3 Å². The van der Waals surface area contributed by atoms with E-state index < -0.39 is 56.3 Å². The molecule has 2 heterocycles. The molecule has 0 radical (unpaired) electrons. The topological polar surface area (TPSA) is 28.1 Å². The molecule has 1 aromatic heterocycles. The first kappa shape index (κ1) is 37.5. The Morgan fingerprint density at radius 3 is 1.37 bits per heavy atom. The van der Waals surface area contributed by atoms with Crippen molar-refractivity contribution in [1.29, 1.82) is 0 Å². The van der Waals surface area contributed by atoms with Crippen molar-refractivity contribution in [3.05, 3.63) is 172 Å². The number of H-pyrrole nitrogens is 1. The lowest BCUT2D eigenvalue weighted by atomic mass is 9.65. The molecule has 4 aliphatic carbocycles. The Balaban J connectivity index is 1.58. The smallest absolute Gasteiger partial charge is 0.200 e. The number of rotatable bonds is 10. The molecule has 1 aliphatic heterocycles. The Labute approximate surface area is 315 Å². The van der Waals surface area contributed by atoms with Crippen molar-refractivity contribution in [1.82, 2.24) is 4.98 Å². The molecule has 0 amide bonds. The third-order valence-corrected chi connectivity index (χ3v) is 12.5. The molecule has 54 heavy (non-hydrogen) atoms. The fourth-order valence-corrected chi connectivity index (χ4v) is 8.69. The van der Waals surface area contributed by atoms with Crippen molar-refractivity contribution in [3.63, 3.8) is 0 Å². The average Bonchev–Trinajstić information content (AvgIpc) is 3.97. The zero-order valence-electron chi connectivity index (χ0n) is 32.0. The molecule has 0 bridgehead atoms. The molecule has 0 atom stereocenters. The SMILES string of the molecule is CC(C)(C1=C/C(=C(\c2cc(C(C)(C)C3C=CC=C3)c(C(C)(C)C3C=CC=C3)[nH]2)c2c(F)c(F)c(F)c(F)c2F)N=C1C(C)(C)C1C=CC=C1)C1C=CC=C1. The van der Waals surface area contributed by atoms with Gasteiger partial charge in [0.1, 0.15) is 0 Å². The molecule has 0 spiro atoms. The van der Waals surface area contributed by atoms with Gasteiger partial charge in [0.15, 0.2) is 23.3 Å². The number of aromatic amines is 1. The van der Waals surface area contributed by atoms with Gasteiger partial charge in [0.2, 0.25) is 5.82 Å². The van der Waals surface area contributed by atoms with E-state index in [1.54, 1.807) is 6.08 Å². The average molecular weight is 735 g/mol. The van der Waals surface area contributed by atoms with Gasteiger partial charge in [0.25, 0.3) is 0 Å². The Hall–Kier alpha value is -4.78. The lowest BCUT2D eigenvalue weighted by Gasteiger charge is -2.38. The molecule has 0 saturated carbocycles. The van der Waals surface area contributed by atoms with Gasteiger partial charge < -0.3 is 4.98 Å². The summed E-state index contributed by atoms with van der Waals surface area (Å²) in [4.78, 5) is 8.75. The largest absolute Gasteiger partial charge is 0.358 e. The van der Waals surface area contributed by atoms with E-state index >= 15 is 17.6 Å². The maximum absolute atomic E-state index is 16.3. The summed E-state index contributed by atoms with van der Waals surface area (Å²) >= 11 is 0. The maximum Gasteiger partial charge on any atom is 0.200 e. The predicted octanol–water partition coefficient (Wildman–Crippen LogP) is 12.4. The highest BCUT2D eigenvalue weighted by Crippen LogP contribution is 2.51. The first-order valence-electron chi connectivity index (χ1n) is 18.6. The van der Waals surface area contributed by atoms with Crippen LogP contribution in [0.15, 0.2) is 126 Å². The number of aromatic nitrogens is 1. The second kappa shape index (κ2) is 13.2. The van der Waals surface area contributed by atoms with E-state index in [0.29, 0.717) is 5.71 Å². The van der Waals surface area contributed by atoms with Crippen LogP contribution in [0.1, 0.15) is 77.9 Å². The molecule has 0 saturated heterocycles. The fourth-order valence-electron chi connectivity index (χ4n) is 8.69. The molecule has 5 aliphatic rings. The lowest BCUT2D eigenvalue weighted by Crippen LogP contribution is -2.37. The van der Waals surface area contributed by atoms with Gasteiger partial charge in [-0.15, -0.1) is 0 Å². The van der Waals surface area contributed by atoms with E-state index in [2.05, 4.69) is 109 Å².